The predicted molar refractivity (Wildman–Crippen MR) is 75.4 cm³/mol. The molecule has 6 nitrogen and oxygen atoms in total. The van der Waals surface area contributed by atoms with E-state index in [1.165, 1.54) is 6.92 Å². The average Bonchev–Trinajstić information content (AvgIpc) is 2.45. The summed E-state index contributed by atoms with van der Waals surface area (Å²) in [6.45, 7) is 3.88. The average molecular weight is 294 g/mol. The number of rotatable bonds is 3. The summed E-state index contributed by atoms with van der Waals surface area (Å²) in [5.41, 5.74) is 0.141. The number of aromatic nitrogens is 2. The van der Waals surface area contributed by atoms with Gasteiger partial charge in [-0.25, -0.2) is 9.97 Å². The molecule has 106 valence electrons. The number of hydrogen-bond acceptors (Lipinski definition) is 5. The molecule has 0 aromatic carbocycles. The Hall–Kier alpha value is -1.87. The standard InChI is InChI=1S/C13H16ClN5O/c1-9(20)16-6-10-3-2-4-19(8-10)12-7-17-11(5-15)13(14)18-12/h7,10H,2-4,6,8H2,1H3,(H,16,20). The first-order chi connectivity index (χ1) is 9.60. The van der Waals surface area contributed by atoms with E-state index in [0.717, 1.165) is 25.9 Å². The van der Waals surface area contributed by atoms with Crippen LogP contribution < -0.4 is 10.2 Å². The van der Waals surface area contributed by atoms with Crippen LogP contribution in [-0.2, 0) is 4.79 Å². The Bertz CT molecular complexity index is 542. The summed E-state index contributed by atoms with van der Waals surface area (Å²) < 4.78 is 0. The van der Waals surface area contributed by atoms with E-state index >= 15 is 0 Å². The molecule has 7 heteroatoms. The summed E-state index contributed by atoms with van der Waals surface area (Å²) in [6.07, 6.45) is 3.68. The maximum atomic E-state index is 11.0. The van der Waals surface area contributed by atoms with Crippen molar-refractivity contribution in [1.82, 2.24) is 15.3 Å². The van der Waals surface area contributed by atoms with Crippen molar-refractivity contribution in [3.8, 4) is 6.07 Å². The molecule has 1 amide bonds. The van der Waals surface area contributed by atoms with E-state index < -0.39 is 0 Å². The summed E-state index contributed by atoms with van der Waals surface area (Å²) in [5.74, 6) is 1.06. The minimum atomic E-state index is -0.0108. The molecule has 1 aliphatic heterocycles. The van der Waals surface area contributed by atoms with E-state index in [2.05, 4.69) is 20.2 Å². The molecule has 1 aromatic rings. The predicted octanol–water partition coefficient (Wildman–Crippen LogP) is 1.35. The monoisotopic (exact) mass is 293 g/mol. The van der Waals surface area contributed by atoms with E-state index in [4.69, 9.17) is 16.9 Å². The Kier molecular flexibility index (Phi) is 4.74. The molecule has 1 unspecified atom stereocenters. The zero-order valence-corrected chi connectivity index (χ0v) is 12.0. The highest BCUT2D eigenvalue weighted by Crippen LogP contribution is 2.22. The number of nitriles is 1. The summed E-state index contributed by atoms with van der Waals surface area (Å²) in [7, 11) is 0. The molecule has 0 radical (unpaired) electrons. The maximum absolute atomic E-state index is 11.0. The van der Waals surface area contributed by atoms with Gasteiger partial charge < -0.3 is 10.2 Å². The van der Waals surface area contributed by atoms with Crippen LogP contribution in [0.25, 0.3) is 0 Å². The molecule has 0 spiro atoms. The topological polar surface area (TPSA) is 81.9 Å². The van der Waals surface area contributed by atoms with Gasteiger partial charge in [-0.05, 0) is 18.8 Å². The van der Waals surface area contributed by atoms with Gasteiger partial charge in [0.1, 0.15) is 11.9 Å². The number of carbonyl (C=O) groups is 1. The number of piperidine rings is 1. The van der Waals surface area contributed by atoms with Crippen molar-refractivity contribution in [3.05, 3.63) is 17.0 Å². The van der Waals surface area contributed by atoms with Gasteiger partial charge in [0.25, 0.3) is 0 Å². The second kappa shape index (κ2) is 6.53. The first-order valence-electron chi connectivity index (χ1n) is 6.52. The van der Waals surface area contributed by atoms with Crippen LogP contribution in [0.5, 0.6) is 0 Å². The lowest BCUT2D eigenvalue weighted by atomic mass is 9.98. The van der Waals surface area contributed by atoms with Crippen LogP contribution in [0.2, 0.25) is 5.15 Å². The largest absolute Gasteiger partial charge is 0.356 e. The van der Waals surface area contributed by atoms with Crippen LogP contribution in [0.4, 0.5) is 5.82 Å². The molecule has 2 heterocycles. The second-order valence-electron chi connectivity index (χ2n) is 4.87. The number of anilines is 1. The Morgan fingerprint density at radius 1 is 1.70 bits per heavy atom. The van der Waals surface area contributed by atoms with Crippen LogP contribution >= 0.6 is 11.6 Å². The normalized spacial score (nSPS) is 18.4. The van der Waals surface area contributed by atoms with E-state index in [-0.39, 0.29) is 16.8 Å². The number of nitrogens with zero attached hydrogens (tertiary/aromatic N) is 4. The van der Waals surface area contributed by atoms with Gasteiger partial charge in [-0.2, -0.15) is 5.26 Å². The highest BCUT2D eigenvalue weighted by atomic mass is 35.5. The fraction of sp³-hybridized carbons (Fsp3) is 0.538. The minimum absolute atomic E-state index is 0.0108. The van der Waals surface area contributed by atoms with E-state index in [1.807, 2.05) is 6.07 Å². The molecule has 0 aliphatic carbocycles. The van der Waals surface area contributed by atoms with E-state index in [9.17, 15) is 4.79 Å². The molecule has 1 atom stereocenters. The molecule has 1 aromatic heterocycles. The molecule has 1 saturated heterocycles. The second-order valence-corrected chi connectivity index (χ2v) is 5.23. The van der Waals surface area contributed by atoms with Crippen LogP contribution in [0, 0.1) is 17.2 Å². The van der Waals surface area contributed by atoms with Gasteiger partial charge in [0.15, 0.2) is 10.8 Å². The third-order valence-corrected chi connectivity index (χ3v) is 3.57. The number of amides is 1. The SMILES string of the molecule is CC(=O)NCC1CCCN(c2cnc(C#N)c(Cl)n2)C1. The summed E-state index contributed by atoms with van der Waals surface area (Å²) in [5, 5.41) is 11.8. The Morgan fingerprint density at radius 3 is 3.15 bits per heavy atom. The number of halogens is 1. The fourth-order valence-corrected chi connectivity index (χ4v) is 2.49. The summed E-state index contributed by atoms with van der Waals surface area (Å²) in [4.78, 5) is 21.3. The highest BCUT2D eigenvalue weighted by Gasteiger charge is 2.22. The van der Waals surface area contributed by atoms with Crippen molar-refractivity contribution in [2.45, 2.75) is 19.8 Å². The van der Waals surface area contributed by atoms with Crippen LogP contribution in [-0.4, -0.2) is 35.5 Å². The lowest BCUT2D eigenvalue weighted by Gasteiger charge is -2.33. The van der Waals surface area contributed by atoms with Crippen molar-refractivity contribution in [2.75, 3.05) is 24.5 Å². The van der Waals surface area contributed by atoms with Gasteiger partial charge in [-0.1, -0.05) is 11.6 Å². The third-order valence-electron chi connectivity index (χ3n) is 3.31. The van der Waals surface area contributed by atoms with Crippen LogP contribution in [0.3, 0.4) is 0 Å². The van der Waals surface area contributed by atoms with Gasteiger partial charge in [0, 0.05) is 26.6 Å². The smallest absolute Gasteiger partial charge is 0.216 e. The maximum Gasteiger partial charge on any atom is 0.216 e. The van der Waals surface area contributed by atoms with Gasteiger partial charge in [0.2, 0.25) is 5.91 Å². The molecule has 20 heavy (non-hydrogen) atoms. The van der Waals surface area contributed by atoms with Crippen molar-refractivity contribution < 1.29 is 4.79 Å². The fourth-order valence-electron chi connectivity index (χ4n) is 2.31. The molecule has 0 saturated carbocycles. The number of hydrogen-bond donors (Lipinski definition) is 1. The zero-order valence-electron chi connectivity index (χ0n) is 11.3. The van der Waals surface area contributed by atoms with Gasteiger partial charge in [-0.3, -0.25) is 4.79 Å². The first-order valence-corrected chi connectivity index (χ1v) is 6.90. The van der Waals surface area contributed by atoms with Crippen LogP contribution in [0.1, 0.15) is 25.5 Å². The third kappa shape index (κ3) is 3.58. The molecule has 1 N–H and O–H groups in total. The van der Waals surface area contributed by atoms with Crippen molar-refractivity contribution in [2.24, 2.45) is 5.92 Å². The highest BCUT2D eigenvalue weighted by molar-refractivity contribution is 6.30. The zero-order chi connectivity index (χ0) is 14.5. The Morgan fingerprint density at radius 2 is 2.50 bits per heavy atom. The molecule has 2 rings (SSSR count). The lowest BCUT2D eigenvalue weighted by Crippen LogP contribution is -2.41. The van der Waals surface area contributed by atoms with Crippen molar-refractivity contribution >= 4 is 23.3 Å². The molecular weight excluding hydrogens is 278 g/mol. The van der Waals surface area contributed by atoms with Gasteiger partial charge >= 0.3 is 0 Å². The molecular formula is C13H16ClN5O. The lowest BCUT2D eigenvalue weighted by molar-refractivity contribution is -0.119. The van der Waals surface area contributed by atoms with Gasteiger partial charge in [0.05, 0.1) is 6.20 Å². The first kappa shape index (κ1) is 14.5. The summed E-state index contributed by atoms with van der Waals surface area (Å²) in [6, 6.07) is 1.90. The van der Waals surface area contributed by atoms with Crippen molar-refractivity contribution in [1.29, 1.82) is 5.26 Å². The minimum Gasteiger partial charge on any atom is -0.356 e. The molecule has 0 bridgehead atoms. The van der Waals surface area contributed by atoms with Crippen molar-refractivity contribution in [3.63, 3.8) is 0 Å². The van der Waals surface area contributed by atoms with E-state index in [1.54, 1.807) is 6.20 Å². The summed E-state index contributed by atoms with van der Waals surface area (Å²) >= 11 is 5.91. The van der Waals surface area contributed by atoms with Gasteiger partial charge in [-0.15, -0.1) is 0 Å². The molecule has 1 aliphatic rings. The Balaban J connectivity index is 2.03. The Labute approximate surface area is 122 Å². The van der Waals surface area contributed by atoms with E-state index in [0.29, 0.717) is 18.3 Å². The van der Waals surface area contributed by atoms with Crippen LogP contribution in [0.15, 0.2) is 6.20 Å². The quantitative estimate of drug-likeness (QED) is 0.910. The molecule has 1 fully saturated rings. The number of nitrogens with one attached hydrogen (secondary N) is 1. The number of carbonyl (C=O) groups excluding carboxylic acids is 1.